The maximum atomic E-state index is 13.0. The van der Waals surface area contributed by atoms with Crippen LogP contribution in [0, 0.1) is 0 Å². The number of rotatable bonds is 6. The van der Waals surface area contributed by atoms with Crippen LogP contribution in [0.5, 0.6) is 5.75 Å². The molecule has 28 heavy (non-hydrogen) atoms. The Hall–Kier alpha value is -1.49. The third-order valence-electron chi connectivity index (χ3n) is 4.57. The van der Waals surface area contributed by atoms with Crippen molar-refractivity contribution in [3.05, 3.63) is 36.4 Å². The van der Waals surface area contributed by atoms with Gasteiger partial charge in [0.05, 0.1) is 0 Å². The molecule has 1 fully saturated rings. The number of fused-ring (bicyclic) bond motifs is 1. The molecule has 1 aliphatic rings. The predicted molar refractivity (Wildman–Crippen MR) is 102 cm³/mol. The summed E-state index contributed by atoms with van der Waals surface area (Å²) in [4.78, 5) is 0.492. The van der Waals surface area contributed by atoms with E-state index in [-0.39, 0.29) is 11.5 Å². The van der Waals surface area contributed by atoms with Gasteiger partial charge in [0, 0.05) is 28.9 Å². The molecule has 1 unspecified atom stereocenters. The smallest absolute Gasteiger partial charge is 0.465 e. The second-order valence-corrected chi connectivity index (χ2v) is 11.2. The Bertz CT molecular complexity index is 953. The van der Waals surface area contributed by atoms with Crippen molar-refractivity contribution in [1.82, 2.24) is 0 Å². The predicted octanol–water partition coefficient (Wildman–Crippen LogP) is 4.95. The van der Waals surface area contributed by atoms with Gasteiger partial charge in [-0.2, -0.15) is 21.6 Å². The molecular weight excluding hydrogens is 417 g/mol. The van der Waals surface area contributed by atoms with E-state index in [0.717, 1.165) is 0 Å². The zero-order valence-electron chi connectivity index (χ0n) is 15.4. The van der Waals surface area contributed by atoms with Crippen molar-refractivity contribution in [2.45, 2.75) is 36.5 Å². The summed E-state index contributed by atoms with van der Waals surface area (Å²) in [6.45, 7) is 1.71. The average Bonchev–Trinajstić information content (AvgIpc) is 3.09. The lowest BCUT2D eigenvalue weighted by molar-refractivity contribution is -0.0496. The highest BCUT2D eigenvalue weighted by Gasteiger charge is 2.52. The molecule has 1 atom stereocenters. The van der Waals surface area contributed by atoms with E-state index >= 15 is 0 Å². The Morgan fingerprint density at radius 2 is 1.64 bits per heavy atom. The highest BCUT2D eigenvalue weighted by atomic mass is 32.3. The highest BCUT2D eigenvalue weighted by Crippen LogP contribution is 2.65. The molecule has 5 nitrogen and oxygen atoms in total. The van der Waals surface area contributed by atoms with Crippen molar-refractivity contribution in [2.24, 2.45) is 0 Å². The molecular formula is C18H21F3O5S2. The number of ether oxygens (including phenoxy) is 2. The molecule has 0 spiro atoms. The fourth-order valence-electron chi connectivity index (χ4n) is 3.21. The van der Waals surface area contributed by atoms with Gasteiger partial charge < -0.3 is 9.47 Å². The van der Waals surface area contributed by atoms with E-state index in [4.69, 9.17) is 13.1 Å². The number of methoxy groups -OCH3 is 1. The van der Waals surface area contributed by atoms with Crippen LogP contribution < -0.4 is 4.74 Å². The van der Waals surface area contributed by atoms with Gasteiger partial charge in [-0.3, -0.25) is 0 Å². The van der Waals surface area contributed by atoms with Gasteiger partial charge in [0.15, 0.2) is 6.29 Å². The molecule has 2 aromatic carbocycles. The quantitative estimate of drug-likeness (QED) is 0.472. The fourth-order valence-corrected chi connectivity index (χ4v) is 8.62. The van der Waals surface area contributed by atoms with Gasteiger partial charge >= 0.3 is 15.6 Å². The van der Waals surface area contributed by atoms with Crippen LogP contribution >= 0.6 is 10.3 Å². The molecule has 0 bridgehead atoms. The fraction of sp³-hybridized carbons (Fsp3) is 0.444. The topological polar surface area (TPSA) is 61.8 Å². The maximum Gasteiger partial charge on any atom is 0.523 e. The van der Waals surface area contributed by atoms with Gasteiger partial charge in [-0.25, -0.2) is 3.63 Å². The van der Waals surface area contributed by atoms with Gasteiger partial charge in [-0.1, -0.05) is 34.6 Å². The highest BCUT2D eigenvalue weighted by molar-refractivity contribution is 8.33. The SMILES string of the molecule is COC(C)Oc1cccc2c(S3(OS(=O)(=O)C(F)(F)F)CCCC3)cccc12. The summed E-state index contributed by atoms with van der Waals surface area (Å²) in [5.74, 6) is 1.03. The zero-order chi connectivity index (χ0) is 20.6. The third-order valence-corrected chi connectivity index (χ3v) is 9.95. The van der Waals surface area contributed by atoms with Crippen molar-refractivity contribution in [3.8, 4) is 5.75 Å². The van der Waals surface area contributed by atoms with E-state index in [2.05, 4.69) is 0 Å². The number of halogens is 3. The summed E-state index contributed by atoms with van der Waals surface area (Å²) in [5, 5.41) is 1.29. The standard InChI is InChI=1S/C18H21F3O5S2/c1-13(24-2)25-16-9-5-8-15-14(16)7-6-10-17(15)27(11-3-4-12-27)26-28(22,23)18(19,20)21/h5-10,13H,3-4,11-12H2,1-2H3. The van der Waals surface area contributed by atoms with Crippen LogP contribution in [-0.4, -0.2) is 38.8 Å². The van der Waals surface area contributed by atoms with Gasteiger partial charge in [-0.05, 0) is 37.3 Å². The largest absolute Gasteiger partial charge is 0.523 e. The van der Waals surface area contributed by atoms with Gasteiger partial charge in [0.25, 0.3) is 0 Å². The second kappa shape index (κ2) is 7.74. The van der Waals surface area contributed by atoms with Gasteiger partial charge in [0.2, 0.25) is 0 Å². The monoisotopic (exact) mass is 438 g/mol. The Balaban J connectivity index is 2.14. The minimum absolute atomic E-state index is 0.265. The second-order valence-electron chi connectivity index (χ2n) is 6.42. The number of alkyl halides is 3. The zero-order valence-corrected chi connectivity index (χ0v) is 17.0. The van der Waals surface area contributed by atoms with Gasteiger partial charge in [0.1, 0.15) is 5.75 Å². The first-order valence-electron chi connectivity index (χ1n) is 8.62. The molecule has 0 saturated carbocycles. The van der Waals surface area contributed by atoms with E-state index in [1.165, 1.54) is 7.11 Å². The summed E-state index contributed by atoms with van der Waals surface area (Å²) in [7, 11) is -6.86. The molecule has 1 aliphatic heterocycles. The molecule has 2 aromatic rings. The lowest BCUT2D eigenvalue weighted by Gasteiger charge is -2.35. The van der Waals surface area contributed by atoms with Gasteiger partial charge in [-0.15, -0.1) is 0 Å². The molecule has 1 heterocycles. The summed E-state index contributed by atoms with van der Waals surface area (Å²) in [5.41, 5.74) is -5.46. The van der Waals surface area contributed by atoms with Crippen LogP contribution in [0.2, 0.25) is 0 Å². The summed E-state index contributed by atoms with van der Waals surface area (Å²) in [6, 6.07) is 10.3. The molecule has 3 rings (SSSR count). The summed E-state index contributed by atoms with van der Waals surface area (Å²) in [6.07, 6.45) is 0.690. The van der Waals surface area contributed by atoms with Crippen LogP contribution in [0.1, 0.15) is 19.8 Å². The summed E-state index contributed by atoms with van der Waals surface area (Å²) < 4.78 is 78.4. The Labute approximate surface area is 163 Å². The first-order valence-corrected chi connectivity index (χ1v) is 11.9. The molecule has 0 N–H and O–H groups in total. The van der Waals surface area contributed by atoms with Crippen LogP contribution in [-0.2, 0) is 18.5 Å². The summed E-state index contributed by atoms with van der Waals surface area (Å²) >= 11 is 0. The van der Waals surface area contributed by atoms with E-state index in [0.29, 0.717) is 34.3 Å². The molecule has 10 heteroatoms. The molecule has 0 aromatic heterocycles. The lowest BCUT2D eigenvalue weighted by atomic mass is 10.1. The first-order chi connectivity index (χ1) is 13.1. The van der Waals surface area contributed by atoms with E-state index in [1.807, 2.05) is 0 Å². The van der Waals surface area contributed by atoms with Crippen LogP contribution in [0.4, 0.5) is 13.2 Å². The van der Waals surface area contributed by atoms with Crippen LogP contribution in [0.25, 0.3) is 10.8 Å². The molecule has 156 valence electrons. The molecule has 1 saturated heterocycles. The van der Waals surface area contributed by atoms with Crippen molar-refractivity contribution in [3.63, 3.8) is 0 Å². The van der Waals surface area contributed by atoms with E-state index in [1.54, 1.807) is 43.3 Å². The number of benzene rings is 2. The maximum absolute atomic E-state index is 13.0. The Morgan fingerprint density at radius 3 is 2.25 bits per heavy atom. The molecule has 0 radical (unpaired) electrons. The average molecular weight is 438 g/mol. The number of hydrogen-bond donors (Lipinski definition) is 0. The van der Waals surface area contributed by atoms with E-state index in [9.17, 15) is 21.6 Å². The lowest BCUT2D eigenvalue weighted by Crippen LogP contribution is -2.27. The van der Waals surface area contributed by atoms with Crippen LogP contribution in [0.15, 0.2) is 41.3 Å². The Morgan fingerprint density at radius 1 is 1.04 bits per heavy atom. The minimum Gasteiger partial charge on any atom is -0.465 e. The molecule has 0 amide bonds. The van der Waals surface area contributed by atoms with Crippen molar-refractivity contribution < 1.29 is 34.7 Å². The molecule has 0 aliphatic carbocycles. The van der Waals surface area contributed by atoms with Crippen LogP contribution in [0.3, 0.4) is 0 Å². The Kier molecular flexibility index (Phi) is 5.86. The van der Waals surface area contributed by atoms with Crippen molar-refractivity contribution in [1.29, 1.82) is 0 Å². The first kappa shape index (κ1) is 21.2. The third kappa shape index (κ3) is 3.96. The van der Waals surface area contributed by atoms with Crippen molar-refractivity contribution in [2.75, 3.05) is 18.6 Å². The minimum atomic E-state index is -5.70. The normalized spacial score (nSPS) is 19.5. The number of hydrogen-bond acceptors (Lipinski definition) is 5. The van der Waals surface area contributed by atoms with Crippen molar-refractivity contribution >= 4 is 31.2 Å². The van der Waals surface area contributed by atoms with E-state index < -0.39 is 32.2 Å².